The lowest BCUT2D eigenvalue weighted by Crippen LogP contribution is -2.40. The smallest absolute Gasteiger partial charge is 0.126 e. The summed E-state index contributed by atoms with van der Waals surface area (Å²) in [5, 5.41) is 0. The van der Waals surface area contributed by atoms with Crippen LogP contribution in [0.1, 0.15) is 30.9 Å². The molecule has 1 atom stereocenters. The summed E-state index contributed by atoms with van der Waals surface area (Å²) < 4.78 is 14.5. The predicted molar refractivity (Wildman–Crippen MR) is 84.7 cm³/mol. The summed E-state index contributed by atoms with van der Waals surface area (Å²) >= 11 is 0. The lowest BCUT2D eigenvalue weighted by Gasteiger charge is -2.31. The summed E-state index contributed by atoms with van der Waals surface area (Å²) in [5.74, 6) is 0. The molecule has 0 aromatic heterocycles. The van der Waals surface area contributed by atoms with E-state index in [1.807, 2.05) is 43.3 Å². The van der Waals surface area contributed by atoms with Gasteiger partial charge in [-0.3, -0.25) is 4.90 Å². The Balaban J connectivity index is 1.77. The Kier molecular flexibility index (Phi) is 4.07. The molecular formula is C19H22FN. The molecule has 0 saturated heterocycles. The molecule has 1 saturated carbocycles. The van der Waals surface area contributed by atoms with Crippen molar-refractivity contribution < 1.29 is 4.39 Å². The molecule has 0 radical (unpaired) electrons. The number of rotatable bonds is 6. The number of nitrogens with zero attached hydrogens (tertiary/aromatic N) is 1. The van der Waals surface area contributed by atoms with Crippen LogP contribution in [0.2, 0.25) is 0 Å². The molecule has 1 fully saturated rings. The van der Waals surface area contributed by atoms with E-state index in [0.717, 1.165) is 13.1 Å². The standard InChI is InChI=1S/C19H22FN/c1-16(19(20)12-13-19)21(14-17-8-4-2-5-9-17)15-18-10-6-3-7-11-18/h2-11,16H,12-15H2,1H3/t16-/m1/s1. The highest BCUT2D eigenvalue weighted by molar-refractivity contribution is 5.18. The third-order valence-electron chi connectivity index (χ3n) is 4.48. The van der Waals surface area contributed by atoms with Crippen LogP contribution in [0, 0.1) is 0 Å². The third kappa shape index (κ3) is 3.51. The molecule has 110 valence electrons. The van der Waals surface area contributed by atoms with E-state index < -0.39 is 5.67 Å². The van der Waals surface area contributed by atoms with E-state index in [9.17, 15) is 4.39 Å². The van der Waals surface area contributed by atoms with Gasteiger partial charge in [-0.2, -0.15) is 0 Å². The quantitative estimate of drug-likeness (QED) is 0.750. The van der Waals surface area contributed by atoms with Gasteiger partial charge in [-0.15, -0.1) is 0 Å². The van der Waals surface area contributed by atoms with Crippen molar-refractivity contribution in [2.24, 2.45) is 0 Å². The van der Waals surface area contributed by atoms with Gasteiger partial charge in [-0.1, -0.05) is 60.7 Å². The molecule has 3 rings (SSSR count). The van der Waals surface area contributed by atoms with Crippen molar-refractivity contribution in [1.82, 2.24) is 4.90 Å². The summed E-state index contributed by atoms with van der Waals surface area (Å²) in [6.45, 7) is 3.62. The fourth-order valence-corrected chi connectivity index (χ4v) is 2.83. The summed E-state index contributed by atoms with van der Waals surface area (Å²) in [4.78, 5) is 2.26. The van der Waals surface area contributed by atoms with Crippen LogP contribution < -0.4 is 0 Å². The van der Waals surface area contributed by atoms with E-state index in [1.54, 1.807) is 0 Å². The minimum atomic E-state index is -0.983. The van der Waals surface area contributed by atoms with Crippen molar-refractivity contribution in [3.63, 3.8) is 0 Å². The van der Waals surface area contributed by atoms with Crippen LogP contribution in [0.25, 0.3) is 0 Å². The fourth-order valence-electron chi connectivity index (χ4n) is 2.83. The van der Waals surface area contributed by atoms with E-state index in [1.165, 1.54) is 11.1 Å². The molecule has 0 spiro atoms. The van der Waals surface area contributed by atoms with Gasteiger partial charge in [-0.25, -0.2) is 4.39 Å². The van der Waals surface area contributed by atoms with Crippen LogP contribution in [0.5, 0.6) is 0 Å². The SMILES string of the molecule is C[C@@H](N(Cc1ccccc1)Cc1ccccc1)C1(F)CC1. The number of halogens is 1. The minimum absolute atomic E-state index is 0.0436. The van der Waals surface area contributed by atoms with Crippen molar-refractivity contribution in [3.8, 4) is 0 Å². The van der Waals surface area contributed by atoms with Crippen LogP contribution in [0.3, 0.4) is 0 Å². The monoisotopic (exact) mass is 283 g/mol. The molecule has 1 nitrogen and oxygen atoms in total. The highest BCUT2D eigenvalue weighted by Crippen LogP contribution is 2.45. The van der Waals surface area contributed by atoms with Gasteiger partial charge in [0, 0.05) is 19.1 Å². The fraction of sp³-hybridized carbons (Fsp3) is 0.368. The largest absolute Gasteiger partial charge is 0.289 e. The van der Waals surface area contributed by atoms with Crippen molar-refractivity contribution in [3.05, 3.63) is 71.8 Å². The van der Waals surface area contributed by atoms with Crippen LogP contribution >= 0.6 is 0 Å². The number of alkyl halides is 1. The van der Waals surface area contributed by atoms with E-state index in [2.05, 4.69) is 29.2 Å². The van der Waals surface area contributed by atoms with E-state index in [4.69, 9.17) is 0 Å². The Bertz CT molecular complexity index is 521. The Morgan fingerprint density at radius 2 is 1.33 bits per heavy atom. The first-order valence-corrected chi connectivity index (χ1v) is 7.68. The van der Waals surface area contributed by atoms with Gasteiger partial charge < -0.3 is 0 Å². The maximum atomic E-state index is 14.5. The second-order valence-corrected chi connectivity index (χ2v) is 6.09. The first kappa shape index (κ1) is 14.3. The maximum absolute atomic E-state index is 14.5. The second kappa shape index (κ2) is 5.98. The molecule has 0 unspecified atom stereocenters. The molecule has 0 amide bonds. The zero-order chi connectivity index (χ0) is 14.7. The summed E-state index contributed by atoms with van der Waals surface area (Å²) in [5.41, 5.74) is 1.50. The molecule has 2 heteroatoms. The van der Waals surface area contributed by atoms with Crippen LogP contribution in [0.15, 0.2) is 60.7 Å². The Hall–Kier alpha value is -1.67. The molecule has 1 aliphatic rings. The lowest BCUT2D eigenvalue weighted by atomic mass is 10.1. The highest BCUT2D eigenvalue weighted by atomic mass is 19.1. The van der Waals surface area contributed by atoms with Crippen LogP contribution in [0.4, 0.5) is 4.39 Å². The number of hydrogen-bond donors (Lipinski definition) is 0. The maximum Gasteiger partial charge on any atom is 0.126 e. The summed E-state index contributed by atoms with van der Waals surface area (Å²) in [7, 11) is 0. The molecule has 0 aliphatic heterocycles. The lowest BCUT2D eigenvalue weighted by molar-refractivity contribution is 0.0932. The van der Waals surface area contributed by atoms with Crippen molar-refractivity contribution >= 4 is 0 Å². The molecule has 2 aromatic carbocycles. The zero-order valence-electron chi connectivity index (χ0n) is 12.5. The summed E-state index contributed by atoms with van der Waals surface area (Å²) in [6, 6.07) is 20.6. The van der Waals surface area contributed by atoms with Crippen molar-refractivity contribution in [2.75, 3.05) is 0 Å². The van der Waals surface area contributed by atoms with Gasteiger partial charge in [0.25, 0.3) is 0 Å². The van der Waals surface area contributed by atoms with E-state index in [0.29, 0.717) is 12.8 Å². The van der Waals surface area contributed by atoms with Gasteiger partial charge in [0.2, 0.25) is 0 Å². The summed E-state index contributed by atoms with van der Waals surface area (Å²) in [6.07, 6.45) is 1.41. The Morgan fingerprint density at radius 3 is 1.71 bits per heavy atom. The average Bonchev–Trinajstić information content (AvgIpc) is 3.27. The first-order chi connectivity index (χ1) is 10.2. The second-order valence-electron chi connectivity index (χ2n) is 6.09. The predicted octanol–water partition coefficient (Wildman–Crippen LogP) is 4.58. The van der Waals surface area contributed by atoms with Crippen LogP contribution in [-0.2, 0) is 13.1 Å². The first-order valence-electron chi connectivity index (χ1n) is 7.68. The molecule has 0 heterocycles. The third-order valence-corrected chi connectivity index (χ3v) is 4.48. The van der Waals surface area contributed by atoms with Gasteiger partial charge in [-0.05, 0) is 30.9 Å². The number of benzene rings is 2. The number of hydrogen-bond acceptors (Lipinski definition) is 1. The van der Waals surface area contributed by atoms with Crippen molar-refractivity contribution in [2.45, 2.75) is 44.6 Å². The minimum Gasteiger partial charge on any atom is -0.289 e. The van der Waals surface area contributed by atoms with Gasteiger partial charge in [0.05, 0.1) is 0 Å². The van der Waals surface area contributed by atoms with Crippen LogP contribution in [-0.4, -0.2) is 16.6 Å². The van der Waals surface area contributed by atoms with Crippen molar-refractivity contribution in [1.29, 1.82) is 0 Å². The zero-order valence-corrected chi connectivity index (χ0v) is 12.5. The Morgan fingerprint density at radius 1 is 0.905 bits per heavy atom. The molecule has 0 bridgehead atoms. The van der Waals surface area contributed by atoms with Gasteiger partial charge in [0.15, 0.2) is 0 Å². The van der Waals surface area contributed by atoms with Gasteiger partial charge in [0.1, 0.15) is 5.67 Å². The molecular weight excluding hydrogens is 261 g/mol. The van der Waals surface area contributed by atoms with E-state index in [-0.39, 0.29) is 6.04 Å². The highest BCUT2D eigenvalue weighted by Gasteiger charge is 2.50. The molecule has 2 aromatic rings. The molecule has 21 heavy (non-hydrogen) atoms. The normalized spacial score (nSPS) is 17.7. The van der Waals surface area contributed by atoms with E-state index >= 15 is 0 Å². The molecule has 1 aliphatic carbocycles. The topological polar surface area (TPSA) is 3.24 Å². The van der Waals surface area contributed by atoms with Gasteiger partial charge >= 0.3 is 0 Å². The Labute approximate surface area is 126 Å². The molecule has 0 N–H and O–H groups in total. The average molecular weight is 283 g/mol.